The van der Waals surface area contributed by atoms with Crippen LogP contribution in [0.25, 0.3) is 0 Å². The average molecular weight is 301 g/mol. The molecule has 1 aromatic rings. The Morgan fingerprint density at radius 2 is 2.05 bits per heavy atom. The maximum absolute atomic E-state index is 11.5. The molecule has 1 amide bonds. The third-order valence-corrected chi connectivity index (χ3v) is 3.13. The highest BCUT2D eigenvalue weighted by molar-refractivity contribution is 5.85. The fourth-order valence-electron chi connectivity index (χ4n) is 1.53. The van der Waals surface area contributed by atoms with Crippen LogP contribution in [0.15, 0.2) is 18.2 Å². The molecular formula is C15H25ClN2O2. The van der Waals surface area contributed by atoms with E-state index in [2.05, 4.69) is 12.2 Å². The summed E-state index contributed by atoms with van der Waals surface area (Å²) >= 11 is 0. The standard InChI is InChI=1S/C15H24N2O2.ClH/c1-11(9-16)10-17-15(18)6-7-19-14-5-4-12(2)13(3)8-14;/h4-5,8,11H,6-7,9-10,16H2,1-3H3,(H,17,18);1H. The molecule has 0 aromatic heterocycles. The highest BCUT2D eigenvalue weighted by atomic mass is 35.5. The van der Waals surface area contributed by atoms with Crippen LogP contribution in [0.2, 0.25) is 0 Å². The second-order valence-corrected chi connectivity index (χ2v) is 4.99. The van der Waals surface area contributed by atoms with Crippen LogP contribution < -0.4 is 15.8 Å². The third-order valence-electron chi connectivity index (χ3n) is 3.13. The summed E-state index contributed by atoms with van der Waals surface area (Å²) in [7, 11) is 0. The van der Waals surface area contributed by atoms with Gasteiger partial charge in [-0.3, -0.25) is 4.79 Å². The molecule has 0 spiro atoms. The van der Waals surface area contributed by atoms with Crippen LogP contribution in [-0.4, -0.2) is 25.6 Å². The number of carbonyl (C=O) groups excluding carboxylic acids is 1. The first kappa shape index (κ1) is 18.7. The van der Waals surface area contributed by atoms with Crippen molar-refractivity contribution in [3.05, 3.63) is 29.3 Å². The first-order valence-corrected chi connectivity index (χ1v) is 6.69. The van der Waals surface area contributed by atoms with Gasteiger partial charge in [-0.25, -0.2) is 0 Å². The van der Waals surface area contributed by atoms with E-state index in [-0.39, 0.29) is 18.3 Å². The maximum Gasteiger partial charge on any atom is 0.223 e. The van der Waals surface area contributed by atoms with Crippen LogP contribution in [0.3, 0.4) is 0 Å². The molecule has 1 rings (SSSR count). The summed E-state index contributed by atoms with van der Waals surface area (Å²) in [6.07, 6.45) is 0.365. The number of halogens is 1. The first-order valence-electron chi connectivity index (χ1n) is 6.69. The van der Waals surface area contributed by atoms with Gasteiger partial charge in [0.2, 0.25) is 5.91 Å². The van der Waals surface area contributed by atoms with Crippen LogP contribution in [-0.2, 0) is 4.79 Å². The third kappa shape index (κ3) is 6.78. The number of hydrogen-bond donors (Lipinski definition) is 2. The number of hydrogen-bond acceptors (Lipinski definition) is 3. The van der Waals surface area contributed by atoms with E-state index in [1.165, 1.54) is 11.1 Å². The van der Waals surface area contributed by atoms with Gasteiger partial charge in [0.1, 0.15) is 5.75 Å². The van der Waals surface area contributed by atoms with Gasteiger partial charge in [-0.2, -0.15) is 0 Å². The Balaban J connectivity index is 0.00000361. The summed E-state index contributed by atoms with van der Waals surface area (Å²) in [4.78, 5) is 11.5. The molecule has 1 unspecified atom stereocenters. The van der Waals surface area contributed by atoms with Gasteiger partial charge >= 0.3 is 0 Å². The number of amides is 1. The van der Waals surface area contributed by atoms with E-state index in [4.69, 9.17) is 10.5 Å². The lowest BCUT2D eigenvalue weighted by Crippen LogP contribution is -2.31. The maximum atomic E-state index is 11.5. The quantitative estimate of drug-likeness (QED) is 0.811. The van der Waals surface area contributed by atoms with Crippen molar-refractivity contribution >= 4 is 18.3 Å². The Labute approximate surface area is 127 Å². The fraction of sp³-hybridized carbons (Fsp3) is 0.533. The highest BCUT2D eigenvalue weighted by Gasteiger charge is 2.05. The molecule has 1 atom stereocenters. The largest absolute Gasteiger partial charge is 0.493 e. The minimum Gasteiger partial charge on any atom is -0.493 e. The van der Waals surface area contributed by atoms with Crippen molar-refractivity contribution in [2.24, 2.45) is 11.7 Å². The molecule has 0 aliphatic heterocycles. The van der Waals surface area contributed by atoms with Crippen LogP contribution >= 0.6 is 12.4 Å². The zero-order valence-electron chi connectivity index (χ0n) is 12.4. The molecule has 0 fully saturated rings. The molecule has 3 N–H and O–H groups in total. The lowest BCUT2D eigenvalue weighted by molar-refractivity contribution is -0.121. The molecule has 0 saturated heterocycles. The van der Waals surface area contributed by atoms with Gasteiger partial charge in [0.05, 0.1) is 13.0 Å². The predicted octanol–water partition coefficient (Wildman–Crippen LogP) is 2.21. The number of nitrogens with one attached hydrogen (secondary N) is 1. The minimum atomic E-state index is 0. The molecule has 114 valence electrons. The molecule has 0 saturated carbocycles. The summed E-state index contributed by atoms with van der Waals surface area (Å²) in [5, 5.41) is 2.84. The van der Waals surface area contributed by atoms with Crippen molar-refractivity contribution in [1.82, 2.24) is 5.32 Å². The van der Waals surface area contributed by atoms with E-state index in [0.717, 1.165) is 5.75 Å². The highest BCUT2D eigenvalue weighted by Crippen LogP contribution is 2.16. The topological polar surface area (TPSA) is 64.3 Å². The molecule has 4 nitrogen and oxygen atoms in total. The lowest BCUT2D eigenvalue weighted by Gasteiger charge is -2.11. The SMILES string of the molecule is Cc1ccc(OCCC(=O)NCC(C)CN)cc1C.Cl. The summed E-state index contributed by atoms with van der Waals surface area (Å²) in [6.45, 7) is 7.71. The molecule has 0 bridgehead atoms. The molecule has 5 heteroatoms. The van der Waals surface area contributed by atoms with Gasteiger partial charge in [-0.15, -0.1) is 12.4 Å². The van der Waals surface area contributed by atoms with Crippen molar-refractivity contribution in [3.8, 4) is 5.75 Å². The summed E-state index contributed by atoms with van der Waals surface area (Å²) in [5.74, 6) is 1.12. The van der Waals surface area contributed by atoms with E-state index in [1.54, 1.807) is 0 Å². The van der Waals surface area contributed by atoms with Crippen LogP contribution in [0.5, 0.6) is 5.75 Å². The Morgan fingerprint density at radius 3 is 2.65 bits per heavy atom. The summed E-state index contributed by atoms with van der Waals surface area (Å²) in [6, 6.07) is 5.94. The Kier molecular flexibility index (Phi) is 9.01. The fourth-order valence-corrected chi connectivity index (χ4v) is 1.53. The van der Waals surface area contributed by atoms with E-state index in [1.807, 2.05) is 32.0 Å². The number of nitrogens with two attached hydrogens (primary N) is 1. The number of carbonyl (C=O) groups is 1. The number of ether oxygens (including phenoxy) is 1. The van der Waals surface area contributed by atoms with Crippen LogP contribution in [0.4, 0.5) is 0 Å². The van der Waals surface area contributed by atoms with Gasteiger partial charge in [0.15, 0.2) is 0 Å². The van der Waals surface area contributed by atoms with Crippen LogP contribution in [0.1, 0.15) is 24.5 Å². The van der Waals surface area contributed by atoms with E-state index < -0.39 is 0 Å². The first-order chi connectivity index (χ1) is 9.02. The van der Waals surface area contributed by atoms with Gasteiger partial charge < -0.3 is 15.8 Å². The van der Waals surface area contributed by atoms with E-state index in [9.17, 15) is 4.79 Å². The van der Waals surface area contributed by atoms with Gasteiger partial charge in [0, 0.05) is 6.54 Å². The van der Waals surface area contributed by atoms with Gasteiger partial charge in [-0.05, 0) is 49.6 Å². The summed E-state index contributed by atoms with van der Waals surface area (Å²) < 4.78 is 5.56. The lowest BCUT2D eigenvalue weighted by atomic mass is 10.1. The normalized spacial score (nSPS) is 11.4. The van der Waals surface area contributed by atoms with E-state index in [0.29, 0.717) is 32.0 Å². The Bertz CT molecular complexity index is 424. The van der Waals surface area contributed by atoms with Crippen LogP contribution in [0, 0.1) is 19.8 Å². The van der Waals surface area contributed by atoms with Crippen molar-refractivity contribution in [1.29, 1.82) is 0 Å². The second kappa shape index (κ2) is 9.61. The Hall–Kier alpha value is -1.26. The smallest absolute Gasteiger partial charge is 0.223 e. The van der Waals surface area contributed by atoms with E-state index >= 15 is 0 Å². The molecule has 0 radical (unpaired) electrons. The number of rotatable bonds is 7. The molecular weight excluding hydrogens is 276 g/mol. The predicted molar refractivity (Wildman–Crippen MR) is 84.5 cm³/mol. The summed E-state index contributed by atoms with van der Waals surface area (Å²) in [5.41, 5.74) is 7.91. The molecule has 0 aliphatic carbocycles. The zero-order valence-corrected chi connectivity index (χ0v) is 13.3. The van der Waals surface area contributed by atoms with Crippen molar-refractivity contribution < 1.29 is 9.53 Å². The van der Waals surface area contributed by atoms with Crippen molar-refractivity contribution in [2.75, 3.05) is 19.7 Å². The molecule has 1 aromatic carbocycles. The number of benzene rings is 1. The Morgan fingerprint density at radius 1 is 1.35 bits per heavy atom. The second-order valence-electron chi connectivity index (χ2n) is 4.99. The molecule has 0 heterocycles. The van der Waals surface area contributed by atoms with Gasteiger partial charge in [0.25, 0.3) is 0 Å². The van der Waals surface area contributed by atoms with Crippen molar-refractivity contribution in [2.45, 2.75) is 27.2 Å². The average Bonchev–Trinajstić information content (AvgIpc) is 2.40. The minimum absolute atomic E-state index is 0. The number of aryl methyl sites for hydroxylation is 2. The zero-order chi connectivity index (χ0) is 14.3. The van der Waals surface area contributed by atoms with Gasteiger partial charge in [-0.1, -0.05) is 13.0 Å². The van der Waals surface area contributed by atoms with Crippen molar-refractivity contribution in [3.63, 3.8) is 0 Å². The molecule has 20 heavy (non-hydrogen) atoms. The molecule has 0 aliphatic rings. The monoisotopic (exact) mass is 300 g/mol.